The zero-order valence-corrected chi connectivity index (χ0v) is 28.8. The molecule has 0 aliphatic carbocycles. The average Bonchev–Trinajstić information content (AvgIpc) is 3.51. The van der Waals surface area contributed by atoms with Crippen molar-refractivity contribution in [1.82, 2.24) is 10.2 Å². The highest BCUT2D eigenvalue weighted by Crippen LogP contribution is 2.61. The van der Waals surface area contributed by atoms with Crippen molar-refractivity contribution >= 4 is 43.2 Å². The van der Waals surface area contributed by atoms with Gasteiger partial charge < -0.3 is 29.5 Å². The van der Waals surface area contributed by atoms with Gasteiger partial charge in [0.25, 0.3) is 5.91 Å². The molecule has 3 amide bonds. The molecule has 11 heteroatoms. The molecule has 3 aliphatic rings. The van der Waals surface area contributed by atoms with Crippen molar-refractivity contribution < 1.29 is 28.3 Å². The number of aliphatic hydroxyl groups excluding tert-OH is 1. The molecule has 0 bridgehead atoms. The molecule has 0 saturated carbocycles. The molecule has 5 atom stereocenters. The number of amides is 3. The van der Waals surface area contributed by atoms with E-state index in [1.54, 1.807) is 35.0 Å². The number of aliphatic hydroxyl groups is 1. The van der Waals surface area contributed by atoms with E-state index in [2.05, 4.69) is 10.6 Å². The Morgan fingerprint density at radius 1 is 1.10 bits per heavy atom. The van der Waals surface area contributed by atoms with E-state index in [4.69, 9.17) is 4.74 Å². The number of para-hydroxylation sites is 1. The van der Waals surface area contributed by atoms with E-state index in [1.165, 1.54) is 0 Å². The molecular weight excluding hydrogens is 628 g/mol. The first kappa shape index (κ1) is 34.0. The van der Waals surface area contributed by atoms with Gasteiger partial charge in [0.15, 0.2) is 5.60 Å². The van der Waals surface area contributed by atoms with Crippen LogP contribution in [-0.4, -0.2) is 68.5 Å². The maximum Gasteiger partial charge on any atom is 0.268 e. The highest BCUT2D eigenvalue weighted by Gasteiger charge is 2.67. The maximum atomic E-state index is 16.5. The molecule has 9 nitrogen and oxygen atoms in total. The van der Waals surface area contributed by atoms with Crippen LogP contribution in [0.1, 0.15) is 37.3 Å². The highest BCUT2D eigenvalue weighted by atomic mass is 28.4. The molecule has 0 radical (unpaired) electrons. The summed E-state index contributed by atoms with van der Waals surface area (Å²) in [5, 5.41) is 16.1. The minimum Gasteiger partial charge on any atom is -0.395 e. The first-order valence-electron chi connectivity index (χ1n) is 16.9. The molecular formula is C37H45FN4O5Si. The van der Waals surface area contributed by atoms with E-state index in [1.807, 2.05) is 73.7 Å². The van der Waals surface area contributed by atoms with E-state index in [-0.39, 0.29) is 49.8 Å². The monoisotopic (exact) mass is 672 g/mol. The van der Waals surface area contributed by atoms with E-state index < -0.39 is 31.6 Å². The molecule has 2 fully saturated rings. The molecule has 1 spiro atoms. The largest absolute Gasteiger partial charge is 0.395 e. The van der Waals surface area contributed by atoms with E-state index >= 15 is 4.11 Å². The zero-order chi connectivity index (χ0) is 34.1. The number of hydrogen-bond acceptors (Lipinski definition) is 6. The van der Waals surface area contributed by atoms with Crippen molar-refractivity contribution in [2.75, 3.05) is 36.5 Å². The number of carbonyl (C=O) groups excluding carboxylic acids is 3. The lowest BCUT2D eigenvalue weighted by atomic mass is 9.82. The fourth-order valence-electron chi connectivity index (χ4n) is 7.92. The number of fused-ring (bicyclic) bond motifs is 2. The normalized spacial score (nSPS) is 25.3. The predicted molar refractivity (Wildman–Crippen MR) is 186 cm³/mol. The van der Waals surface area contributed by atoms with Crippen LogP contribution in [0.2, 0.25) is 18.6 Å². The quantitative estimate of drug-likeness (QED) is 0.194. The van der Waals surface area contributed by atoms with Crippen molar-refractivity contribution in [3.05, 3.63) is 90.0 Å². The number of piperidine rings is 1. The van der Waals surface area contributed by atoms with Crippen LogP contribution in [0.5, 0.6) is 0 Å². The van der Waals surface area contributed by atoms with Gasteiger partial charge in [0.05, 0.1) is 30.7 Å². The molecule has 6 rings (SSSR count). The van der Waals surface area contributed by atoms with Crippen molar-refractivity contribution in [2.45, 2.75) is 63.1 Å². The number of carbonyl (C=O) groups is 3. The van der Waals surface area contributed by atoms with Gasteiger partial charge in [-0.1, -0.05) is 55.5 Å². The summed E-state index contributed by atoms with van der Waals surface area (Å²) in [5.74, 6) is -1.50. The molecule has 3 aromatic carbocycles. The first-order chi connectivity index (χ1) is 23.0. The second-order valence-corrected chi connectivity index (χ2v) is 17.5. The summed E-state index contributed by atoms with van der Waals surface area (Å²) in [6, 6.07) is 24.1. The Kier molecular flexibility index (Phi) is 9.85. The molecule has 3 aliphatic heterocycles. The third kappa shape index (κ3) is 6.44. The molecule has 48 heavy (non-hydrogen) atoms. The number of halogens is 1. The molecule has 3 aromatic rings. The molecule has 0 aromatic heterocycles. The molecule has 254 valence electrons. The number of benzene rings is 3. The molecule has 2 saturated heterocycles. The Morgan fingerprint density at radius 2 is 1.81 bits per heavy atom. The number of hydrogen-bond donors (Lipinski definition) is 3. The summed E-state index contributed by atoms with van der Waals surface area (Å²) in [6.45, 7) is 6.74. The summed E-state index contributed by atoms with van der Waals surface area (Å²) in [6.07, 6.45) is 0.695. The van der Waals surface area contributed by atoms with Gasteiger partial charge in [-0.25, -0.2) is 0 Å². The minimum absolute atomic E-state index is 0.0955. The summed E-state index contributed by atoms with van der Waals surface area (Å²) in [7, 11) is -3.55. The molecule has 3 N–H and O–H groups in total. The van der Waals surface area contributed by atoms with Crippen molar-refractivity contribution in [3.63, 3.8) is 0 Å². The number of nitrogens with one attached hydrogen (secondary N) is 2. The van der Waals surface area contributed by atoms with E-state index in [0.29, 0.717) is 29.2 Å². The smallest absolute Gasteiger partial charge is 0.268 e. The van der Waals surface area contributed by atoms with Gasteiger partial charge in [-0.15, -0.1) is 0 Å². The average molecular weight is 673 g/mol. The van der Waals surface area contributed by atoms with Crippen LogP contribution in [0.25, 0.3) is 0 Å². The fourth-order valence-corrected chi connectivity index (χ4v) is 10.4. The highest BCUT2D eigenvalue weighted by molar-refractivity contribution is 6.72. The van der Waals surface area contributed by atoms with Crippen LogP contribution in [0.4, 0.5) is 21.2 Å². The third-order valence-electron chi connectivity index (χ3n) is 10.1. The van der Waals surface area contributed by atoms with Crippen LogP contribution >= 0.6 is 0 Å². The fraction of sp³-hybridized carbons (Fsp3) is 0.432. The molecule has 1 unspecified atom stereocenters. The Morgan fingerprint density at radius 3 is 2.46 bits per heavy atom. The first-order valence-corrected chi connectivity index (χ1v) is 19.8. The van der Waals surface area contributed by atoms with Crippen LogP contribution < -0.4 is 15.5 Å². The lowest BCUT2D eigenvalue weighted by molar-refractivity contribution is -0.149. The summed E-state index contributed by atoms with van der Waals surface area (Å²) in [4.78, 5) is 45.1. The van der Waals surface area contributed by atoms with Gasteiger partial charge in [0, 0.05) is 48.0 Å². The van der Waals surface area contributed by atoms with Crippen molar-refractivity contribution in [1.29, 1.82) is 0 Å². The van der Waals surface area contributed by atoms with Gasteiger partial charge in [-0.3, -0.25) is 19.3 Å². The van der Waals surface area contributed by atoms with Crippen LogP contribution in [-0.2, 0) is 31.3 Å². The van der Waals surface area contributed by atoms with Gasteiger partial charge in [-0.2, -0.15) is 0 Å². The summed E-state index contributed by atoms with van der Waals surface area (Å²) in [5.41, 5.74) is 0.978. The zero-order valence-electron chi connectivity index (χ0n) is 27.8. The summed E-state index contributed by atoms with van der Waals surface area (Å²) < 4.78 is 23.3. The van der Waals surface area contributed by atoms with Crippen LogP contribution in [0.3, 0.4) is 0 Å². The van der Waals surface area contributed by atoms with E-state index in [9.17, 15) is 19.5 Å². The number of nitrogens with zero attached hydrogens (tertiary/aromatic N) is 2. The standard InChI is InChI=1S/C37H45FN4O5Si/c1-25-34(48(2,3)38)32(22-33(44)41(19-20-43)24-26-11-6-4-7-12-26)47-37(25)30-21-28(40-35(45)27-13-10-18-39-23-27)16-17-31(30)42(36(37)46)29-14-8-5-9-15-29/h4-9,11-12,14-17,21,25,27,32,34,39,43H,10,13,18-20,22-24H2,1-3H3,(H,40,45)/t25-,27?,32+,34-,37+/m1/s1. The Hall–Kier alpha value is -3.90. The SMILES string of the molecule is C[C@@H]1[C@@H]([Si](C)(C)F)[C@H](CC(=O)N(CCO)Cc2ccccc2)O[C@@]12C(=O)N(c1ccccc1)c1ccc(NC(=O)C3CCCNC3)cc12. The van der Waals surface area contributed by atoms with Crippen LogP contribution in [0, 0.1) is 11.8 Å². The maximum absolute atomic E-state index is 16.5. The lowest BCUT2D eigenvalue weighted by Crippen LogP contribution is -2.44. The number of rotatable bonds is 10. The second kappa shape index (κ2) is 13.9. The predicted octanol–water partition coefficient (Wildman–Crippen LogP) is 5.49. The summed E-state index contributed by atoms with van der Waals surface area (Å²) >= 11 is 0. The Balaban J connectivity index is 1.38. The lowest BCUT2D eigenvalue weighted by Gasteiger charge is -2.31. The van der Waals surface area contributed by atoms with Crippen molar-refractivity contribution in [2.24, 2.45) is 11.8 Å². The minimum atomic E-state index is -3.55. The van der Waals surface area contributed by atoms with Gasteiger partial charge in [0.2, 0.25) is 20.2 Å². The number of anilines is 3. The Bertz CT molecular complexity index is 1630. The van der Waals surface area contributed by atoms with E-state index in [0.717, 1.165) is 24.9 Å². The Labute approximate surface area is 282 Å². The van der Waals surface area contributed by atoms with Gasteiger partial charge in [-0.05, 0) is 68.4 Å². The topological polar surface area (TPSA) is 111 Å². The third-order valence-corrected chi connectivity index (χ3v) is 12.6. The van der Waals surface area contributed by atoms with Gasteiger partial charge >= 0.3 is 0 Å². The van der Waals surface area contributed by atoms with Crippen molar-refractivity contribution in [3.8, 4) is 0 Å². The second-order valence-electron chi connectivity index (χ2n) is 13.7. The number of ether oxygens (including phenoxy) is 1. The molecule has 3 heterocycles. The van der Waals surface area contributed by atoms with Gasteiger partial charge in [0.1, 0.15) is 0 Å². The van der Waals surface area contributed by atoms with Crippen LogP contribution in [0.15, 0.2) is 78.9 Å².